The van der Waals surface area contributed by atoms with Gasteiger partial charge in [-0.25, -0.2) is 8.42 Å². The quantitative estimate of drug-likeness (QED) is 0.201. The van der Waals surface area contributed by atoms with Crippen molar-refractivity contribution in [3.8, 4) is 11.5 Å². The van der Waals surface area contributed by atoms with E-state index in [9.17, 15) is 38.4 Å². The summed E-state index contributed by atoms with van der Waals surface area (Å²) < 4.78 is 27.7. The number of phenolic OH excluding ortho intramolecular Hbond substituents is 2. The molecule has 0 fully saturated rings. The lowest BCUT2D eigenvalue weighted by atomic mass is 9.76. The molecule has 0 bridgehead atoms. The molecule has 0 heterocycles. The number of hydrogen-bond acceptors (Lipinski definition) is 6. The summed E-state index contributed by atoms with van der Waals surface area (Å²) in [6.45, 7) is 26.0. The first-order valence-corrected chi connectivity index (χ1v) is 18.0. The Morgan fingerprint density at radius 1 is 0.511 bits per heavy atom. The predicted molar refractivity (Wildman–Crippen MR) is 189 cm³/mol. The maximum absolute atomic E-state index is 13.9. The van der Waals surface area contributed by atoms with Crippen molar-refractivity contribution in [1.82, 2.24) is 0 Å². The van der Waals surface area contributed by atoms with Crippen LogP contribution in [0.1, 0.15) is 130 Å². The normalized spacial score (nSPS) is 16.0. The fourth-order valence-corrected chi connectivity index (χ4v) is 8.67. The summed E-state index contributed by atoms with van der Waals surface area (Å²) >= 11 is 0. The summed E-state index contributed by atoms with van der Waals surface area (Å²) in [6, 6.07) is 6.96. The Hall–Kier alpha value is -3.07. The Morgan fingerprint density at radius 3 is 0.894 bits per heavy atom. The molecule has 0 spiro atoms. The number of aromatic hydroxyl groups is 2. The molecule has 2 rings (SSSR count). The SMILES string of the molecule is CC(Cc1cc(C(C)(C)C)c(O)c(C(C)(C)C)c1)(CS(=O)(=O)CC(C)(Cc1cc(C(C)(C)C)c(O)c(C(C)(C)C)c1)C(=O)O)C(=O)O. The lowest BCUT2D eigenvalue weighted by molar-refractivity contribution is -0.147. The molecule has 4 N–H and O–H groups in total. The lowest BCUT2D eigenvalue weighted by Gasteiger charge is -2.32. The topological polar surface area (TPSA) is 149 Å². The van der Waals surface area contributed by atoms with Crippen LogP contribution < -0.4 is 0 Å². The van der Waals surface area contributed by atoms with E-state index in [-0.39, 0.29) is 24.3 Å². The molecule has 0 aliphatic carbocycles. The smallest absolute Gasteiger partial charge is 0.310 e. The molecule has 0 saturated carbocycles. The number of aliphatic carboxylic acids is 2. The number of phenols is 2. The van der Waals surface area contributed by atoms with Crippen molar-refractivity contribution in [3.63, 3.8) is 0 Å². The van der Waals surface area contributed by atoms with E-state index in [1.807, 2.05) is 83.1 Å². The summed E-state index contributed by atoms with van der Waals surface area (Å²) in [4.78, 5) is 25.5. The zero-order valence-corrected chi connectivity index (χ0v) is 31.8. The number of hydrogen-bond donors (Lipinski definition) is 4. The van der Waals surface area contributed by atoms with E-state index in [0.717, 1.165) is 0 Å². The molecule has 47 heavy (non-hydrogen) atoms. The molecule has 0 radical (unpaired) electrons. The fraction of sp³-hybridized carbons (Fsp3) is 0.632. The third kappa shape index (κ3) is 9.52. The maximum atomic E-state index is 13.9. The Balaban J connectivity index is 2.61. The van der Waals surface area contributed by atoms with Crippen molar-refractivity contribution in [3.05, 3.63) is 57.6 Å². The number of carbonyl (C=O) groups is 2. The van der Waals surface area contributed by atoms with Crippen LogP contribution in [0.15, 0.2) is 24.3 Å². The molecule has 2 atom stereocenters. The molecule has 0 saturated heterocycles. The van der Waals surface area contributed by atoms with Crippen molar-refractivity contribution < 1.29 is 38.4 Å². The molecule has 8 nitrogen and oxygen atoms in total. The highest BCUT2D eigenvalue weighted by Gasteiger charge is 2.45. The Labute approximate surface area is 282 Å². The number of sulfone groups is 1. The van der Waals surface area contributed by atoms with Gasteiger partial charge in [0, 0.05) is 0 Å². The van der Waals surface area contributed by atoms with Gasteiger partial charge in [-0.2, -0.15) is 0 Å². The molecule has 9 heteroatoms. The van der Waals surface area contributed by atoms with E-state index in [1.165, 1.54) is 13.8 Å². The van der Waals surface area contributed by atoms with Crippen LogP contribution in [-0.4, -0.2) is 52.3 Å². The first-order chi connectivity index (χ1) is 20.7. The summed E-state index contributed by atoms with van der Waals surface area (Å²) in [7, 11) is -4.26. The van der Waals surface area contributed by atoms with Crippen LogP contribution in [0.5, 0.6) is 11.5 Å². The minimum atomic E-state index is -4.26. The van der Waals surface area contributed by atoms with Gasteiger partial charge in [0.2, 0.25) is 0 Å². The van der Waals surface area contributed by atoms with Crippen LogP contribution >= 0.6 is 0 Å². The standard InChI is InChI=1S/C38H58O8S/c1-33(2,3)25-15-23(16-26(29(25)39)34(4,5)6)19-37(13,31(41)42)21-47(45,46)22-38(14,32(43)44)20-24-17-27(35(7,8)9)30(40)28(18-24)36(10,11)12/h15-18,39-40H,19-22H2,1-14H3,(H,41,42)(H,43,44). The first kappa shape index (κ1) is 40.1. The zero-order valence-electron chi connectivity index (χ0n) is 31.0. The summed E-state index contributed by atoms with van der Waals surface area (Å²) in [6.07, 6.45) is -0.278. The van der Waals surface area contributed by atoms with Gasteiger partial charge in [0.05, 0.1) is 22.3 Å². The van der Waals surface area contributed by atoms with Gasteiger partial charge in [-0.3, -0.25) is 9.59 Å². The Morgan fingerprint density at radius 2 is 0.723 bits per heavy atom. The van der Waals surface area contributed by atoms with Crippen LogP contribution in [0.3, 0.4) is 0 Å². The molecule has 2 aromatic rings. The van der Waals surface area contributed by atoms with E-state index in [0.29, 0.717) is 33.4 Å². The van der Waals surface area contributed by atoms with Crippen LogP contribution in [-0.2, 0) is 53.9 Å². The average molecular weight is 675 g/mol. The molecule has 0 aliphatic heterocycles. The highest BCUT2D eigenvalue weighted by Crippen LogP contribution is 2.43. The second kappa shape index (κ2) is 12.8. The van der Waals surface area contributed by atoms with Crippen LogP contribution in [0.25, 0.3) is 0 Å². The molecular formula is C38H58O8S. The average Bonchev–Trinajstić information content (AvgIpc) is 2.82. The van der Waals surface area contributed by atoms with E-state index in [2.05, 4.69) is 0 Å². The van der Waals surface area contributed by atoms with Crippen molar-refractivity contribution in [2.24, 2.45) is 10.8 Å². The highest BCUT2D eigenvalue weighted by molar-refractivity contribution is 7.91. The second-order valence-corrected chi connectivity index (χ2v) is 20.3. The van der Waals surface area contributed by atoms with Gasteiger partial charge in [-0.1, -0.05) is 107 Å². The van der Waals surface area contributed by atoms with Gasteiger partial charge in [0.25, 0.3) is 0 Å². The van der Waals surface area contributed by atoms with Gasteiger partial charge < -0.3 is 20.4 Å². The number of carboxylic acids is 2. The summed E-state index contributed by atoms with van der Waals surface area (Å²) in [5, 5.41) is 43.1. The Kier molecular flexibility index (Phi) is 10.9. The lowest BCUT2D eigenvalue weighted by Crippen LogP contribution is -2.43. The third-order valence-corrected chi connectivity index (χ3v) is 11.0. The van der Waals surface area contributed by atoms with Crippen LogP contribution in [0, 0.1) is 10.8 Å². The van der Waals surface area contributed by atoms with Crippen molar-refractivity contribution >= 4 is 21.8 Å². The highest BCUT2D eigenvalue weighted by atomic mass is 32.2. The van der Waals surface area contributed by atoms with Gasteiger partial charge in [-0.15, -0.1) is 0 Å². The minimum Gasteiger partial charge on any atom is -0.507 e. The third-order valence-electron chi connectivity index (χ3n) is 8.87. The van der Waals surface area contributed by atoms with Gasteiger partial charge in [0.15, 0.2) is 9.84 Å². The van der Waals surface area contributed by atoms with Crippen LogP contribution in [0.2, 0.25) is 0 Å². The van der Waals surface area contributed by atoms with Crippen molar-refractivity contribution in [2.75, 3.05) is 11.5 Å². The molecule has 0 aliphatic rings. The Bertz CT molecular complexity index is 1440. The van der Waals surface area contributed by atoms with Gasteiger partial charge in [-0.05, 0) is 81.7 Å². The minimum absolute atomic E-state index is 0.133. The van der Waals surface area contributed by atoms with E-state index in [4.69, 9.17) is 0 Å². The number of rotatable bonds is 10. The molecule has 0 aromatic heterocycles. The van der Waals surface area contributed by atoms with Crippen LogP contribution in [0.4, 0.5) is 0 Å². The van der Waals surface area contributed by atoms with Crippen molar-refractivity contribution in [1.29, 1.82) is 0 Å². The van der Waals surface area contributed by atoms with E-state index in [1.54, 1.807) is 24.3 Å². The largest absolute Gasteiger partial charge is 0.507 e. The monoisotopic (exact) mass is 674 g/mol. The number of benzene rings is 2. The number of carboxylic acid groups (broad SMARTS) is 2. The molecule has 2 aromatic carbocycles. The van der Waals surface area contributed by atoms with Gasteiger partial charge in [0.1, 0.15) is 11.5 Å². The van der Waals surface area contributed by atoms with Gasteiger partial charge >= 0.3 is 11.9 Å². The fourth-order valence-electron chi connectivity index (χ4n) is 6.18. The van der Waals surface area contributed by atoms with Crippen molar-refractivity contribution in [2.45, 2.75) is 131 Å². The second-order valence-electron chi connectivity index (χ2n) is 18.2. The molecular weight excluding hydrogens is 616 g/mol. The maximum Gasteiger partial charge on any atom is 0.310 e. The molecule has 0 amide bonds. The van der Waals surface area contributed by atoms with E-state index < -0.39 is 65.8 Å². The first-order valence-electron chi connectivity index (χ1n) is 16.1. The molecule has 264 valence electrons. The zero-order chi connectivity index (χ0) is 36.9. The predicted octanol–water partition coefficient (Wildman–Crippen LogP) is 7.67. The summed E-state index contributed by atoms with van der Waals surface area (Å²) in [5.41, 5.74) is -1.76. The van der Waals surface area contributed by atoms with E-state index >= 15 is 0 Å². The summed E-state index contributed by atoms with van der Waals surface area (Å²) in [5.74, 6) is -3.91. The molecule has 2 unspecified atom stereocenters.